The van der Waals surface area contributed by atoms with Crippen molar-refractivity contribution in [2.45, 2.75) is 58.3 Å². The van der Waals surface area contributed by atoms with Gasteiger partial charge in [0.2, 0.25) is 0 Å². The lowest BCUT2D eigenvalue weighted by molar-refractivity contribution is 0.107. The summed E-state index contributed by atoms with van der Waals surface area (Å²) in [4.78, 5) is 11.2. The van der Waals surface area contributed by atoms with Crippen LogP contribution in [0, 0.1) is 0 Å². The van der Waals surface area contributed by atoms with Gasteiger partial charge < -0.3 is 4.74 Å². The summed E-state index contributed by atoms with van der Waals surface area (Å²) < 4.78 is 5.64. The number of carbonyl (C=O) groups is 1. The Morgan fingerprint density at radius 1 is 1.00 bits per heavy atom. The van der Waals surface area contributed by atoms with Crippen molar-refractivity contribution in [2.75, 3.05) is 6.61 Å². The lowest BCUT2D eigenvalue weighted by atomic mass is 10.1. The molecular weight excluding hydrogens is 272 g/mol. The summed E-state index contributed by atoms with van der Waals surface area (Å²) in [5.41, 5.74) is 0.453. The van der Waals surface area contributed by atoms with Gasteiger partial charge >= 0.3 is 0 Å². The van der Waals surface area contributed by atoms with Crippen molar-refractivity contribution in [3.8, 4) is 5.75 Å². The molecule has 0 heterocycles. The van der Waals surface area contributed by atoms with E-state index >= 15 is 0 Å². The second-order valence-electron chi connectivity index (χ2n) is 5.09. The fourth-order valence-corrected chi connectivity index (χ4v) is 2.33. The minimum atomic E-state index is -0.462. The molecule has 0 unspecified atom stereocenters. The zero-order valence-electron chi connectivity index (χ0n) is 12.4. The molecule has 0 bridgehead atoms. The molecule has 0 spiro atoms. The number of ether oxygens (including phenoxy) is 1. The number of rotatable bonds is 11. The van der Waals surface area contributed by atoms with E-state index in [0.29, 0.717) is 17.9 Å². The van der Waals surface area contributed by atoms with E-state index in [0.717, 1.165) is 6.42 Å². The molecule has 0 saturated carbocycles. The van der Waals surface area contributed by atoms with Gasteiger partial charge in [-0.05, 0) is 30.2 Å². The highest BCUT2D eigenvalue weighted by atomic mass is 35.5. The Bertz CT molecular complexity index is 390. The van der Waals surface area contributed by atoms with E-state index in [1.165, 1.54) is 44.9 Å². The van der Waals surface area contributed by atoms with Crippen LogP contribution in [0.4, 0.5) is 0 Å². The van der Waals surface area contributed by atoms with Crippen LogP contribution in [0.25, 0.3) is 0 Å². The average molecular weight is 297 g/mol. The summed E-state index contributed by atoms with van der Waals surface area (Å²) in [6.07, 6.45) is 10.1. The van der Waals surface area contributed by atoms with E-state index < -0.39 is 5.24 Å². The van der Waals surface area contributed by atoms with E-state index in [9.17, 15) is 4.79 Å². The van der Waals surface area contributed by atoms with Gasteiger partial charge in [-0.15, -0.1) is 0 Å². The molecule has 0 radical (unpaired) electrons. The maximum Gasteiger partial charge on any atom is 0.256 e. The quantitative estimate of drug-likeness (QED) is 0.393. The average Bonchev–Trinajstić information content (AvgIpc) is 2.46. The summed E-state index contributed by atoms with van der Waals surface area (Å²) in [6.45, 7) is 2.89. The van der Waals surface area contributed by atoms with Crippen molar-refractivity contribution in [3.05, 3.63) is 29.8 Å². The van der Waals surface area contributed by atoms with Crippen molar-refractivity contribution < 1.29 is 9.53 Å². The van der Waals surface area contributed by atoms with Crippen molar-refractivity contribution >= 4 is 16.8 Å². The van der Waals surface area contributed by atoms with Gasteiger partial charge in [-0.2, -0.15) is 0 Å². The third kappa shape index (κ3) is 6.95. The summed E-state index contributed by atoms with van der Waals surface area (Å²) in [5.74, 6) is 0.593. The van der Waals surface area contributed by atoms with E-state index in [1.807, 2.05) is 6.07 Å². The monoisotopic (exact) mass is 296 g/mol. The Balaban J connectivity index is 2.11. The molecule has 20 heavy (non-hydrogen) atoms. The van der Waals surface area contributed by atoms with Crippen molar-refractivity contribution in [1.82, 2.24) is 0 Å². The largest absolute Gasteiger partial charge is 0.493 e. The third-order valence-electron chi connectivity index (χ3n) is 3.35. The van der Waals surface area contributed by atoms with Crippen LogP contribution in [0.3, 0.4) is 0 Å². The van der Waals surface area contributed by atoms with Crippen LogP contribution in [0.2, 0.25) is 0 Å². The molecule has 0 atom stereocenters. The molecule has 0 amide bonds. The van der Waals surface area contributed by atoms with Crippen LogP contribution in [-0.2, 0) is 0 Å². The van der Waals surface area contributed by atoms with Gasteiger partial charge in [0.1, 0.15) is 5.75 Å². The second kappa shape index (κ2) is 10.7. The first-order valence-corrected chi connectivity index (χ1v) is 8.05. The Hall–Kier alpha value is -1.02. The number of hydrogen-bond acceptors (Lipinski definition) is 2. The highest BCUT2D eigenvalue weighted by molar-refractivity contribution is 6.68. The van der Waals surface area contributed by atoms with Crippen molar-refractivity contribution in [2.24, 2.45) is 0 Å². The van der Waals surface area contributed by atoms with Crippen LogP contribution in [0.15, 0.2) is 24.3 Å². The van der Waals surface area contributed by atoms with Gasteiger partial charge in [0.25, 0.3) is 5.24 Å². The molecule has 3 heteroatoms. The minimum absolute atomic E-state index is 0.453. The Kier molecular flexibility index (Phi) is 9.14. The van der Waals surface area contributed by atoms with Crippen LogP contribution >= 0.6 is 11.6 Å². The highest BCUT2D eigenvalue weighted by Crippen LogP contribution is 2.20. The molecule has 1 aromatic rings. The molecule has 0 saturated heterocycles. The lowest BCUT2D eigenvalue weighted by Gasteiger charge is -2.08. The van der Waals surface area contributed by atoms with Crippen molar-refractivity contribution in [3.63, 3.8) is 0 Å². The topological polar surface area (TPSA) is 26.3 Å². The second-order valence-corrected chi connectivity index (χ2v) is 5.44. The van der Waals surface area contributed by atoms with Gasteiger partial charge in [-0.3, -0.25) is 4.79 Å². The fraction of sp³-hybridized carbons (Fsp3) is 0.588. The fourth-order valence-electron chi connectivity index (χ4n) is 2.17. The molecule has 0 N–H and O–H groups in total. The normalized spacial score (nSPS) is 10.5. The van der Waals surface area contributed by atoms with Gasteiger partial charge in [-0.1, -0.05) is 64.0 Å². The van der Waals surface area contributed by atoms with Crippen LogP contribution in [0.5, 0.6) is 5.75 Å². The number of halogens is 1. The molecule has 0 aromatic heterocycles. The SMILES string of the molecule is CCCCCCCCCCOc1ccccc1C(=O)Cl. The smallest absolute Gasteiger partial charge is 0.256 e. The maximum absolute atomic E-state index is 11.2. The molecule has 0 aliphatic carbocycles. The Labute approximate surface area is 127 Å². The van der Waals surface area contributed by atoms with E-state index in [2.05, 4.69) is 6.92 Å². The molecule has 1 rings (SSSR count). The molecule has 1 aromatic carbocycles. The first-order chi connectivity index (χ1) is 9.75. The number of unbranched alkanes of at least 4 members (excludes halogenated alkanes) is 7. The summed E-state index contributed by atoms with van der Waals surface area (Å²) >= 11 is 5.51. The van der Waals surface area contributed by atoms with E-state index in [-0.39, 0.29) is 0 Å². The van der Waals surface area contributed by atoms with Gasteiger partial charge in [0.05, 0.1) is 12.2 Å². The third-order valence-corrected chi connectivity index (χ3v) is 3.56. The molecule has 112 valence electrons. The zero-order chi connectivity index (χ0) is 14.6. The number of carbonyl (C=O) groups excluding carboxylic acids is 1. The van der Waals surface area contributed by atoms with E-state index in [1.54, 1.807) is 18.2 Å². The number of hydrogen-bond donors (Lipinski definition) is 0. The first-order valence-electron chi connectivity index (χ1n) is 7.67. The molecule has 0 aliphatic rings. The standard InChI is InChI=1S/C17H25ClO2/c1-2-3-4-5-6-7-8-11-14-20-16-13-10-9-12-15(16)17(18)19/h9-10,12-13H,2-8,11,14H2,1H3. The van der Waals surface area contributed by atoms with Crippen LogP contribution in [-0.4, -0.2) is 11.8 Å². The van der Waals surface area contributed by atoms with Gasteiger partial charge in [-0.25, -0.2) is 0 Å². The predicted molar refractivity (Wildman–Crippen MR) is 84.7 cm³/mol. The number of benzene rings is 1. The van der Waals surface area contributed by atoms with Gasteiger partial charge in [0, 0.05) is 0 Å². The Morgan fingerprint density at radius 2 is 1.60 bits per heavy atom. The van der Waals surface area contributed by atoms with Gasteiger partial charge in [0.15, 0.2) is 0 Å². The lowest BCUT2D eigenvalue weighted by Crippen LogP contribution is -2.01. The molecule has 2 nitrogen and oxygen atoms in total. The molecule has 0 aliphatic heterocycles. The minimum Gasteiger partial charge on any atom is -0.493 e. The molecular formula is C17H25ClO2. The van der Waals surface area contributed by atoms with Crippen molar-refractivity contribution in [1.29, 1.82) is 0 Å². The Morgan fingerprint density at radius 3 is 2.25 bits per heavy atom. The summed E-state index contributed by atoms with van der Waals surface area (Å²) in [6, 6.07) is 7.13. The predicted octanol–water partition coefficient (Wildman–Crippen LogP) is 5.59. The molecule has 0 fully saturated rings. The number of para-hydroxylation sites is 1. The summed E-state index contributed by atoms with van der Waals surface area (Å²) in [7, 11) is 0. The maximum atomic E-state index is 11.2. The first kappa shape index (κ1) is 17.0. The van der Waals surface area contributed by atoms with Crippen LogP contribution < -0.4 is 4.74 Å². The summed E-state index contributed by atoms with van der Waals surface area (Å²) in [5, 5.41) is -0.462. The van der Waals surface area contributed by atoms with E-state index in [4.69, 9.17) is 16.3 Å². The van der Waals surface area contributed by atoms with Crippen LogP contribution in [0.1, 0.15) is 68.6 Å². The highest BCUT2D eigenvalue weighted by Gasteiger charge is 2.08. The zero-order valence-corrected chi connectivity index (χ0v) is 13.1.